The number of hydrogen-bond donors (Lipinski definition) is 3. The van der Waals surface area contributed by atoms with E-state index in [4.69, 9.17) is 11.5 Å². The lowest BCUT2D eigenvalue weighted by atomic mass is 9.87. The summed E-state index contributed by atoms with van der Waals surface area (Å²) in [5, 5.41) is 2.95. The number of nitrogens with two attached hydrogens (primary N) is 2. The van der Waals surface area contributed by atoms with Gasteiger partial charge in [-0.15, -0.1) is 0 Å². The van der Waals surface area contributed by atoms with Gasteiger partial charge in [0.2, 0.25) is 5.91 Å². The summed E-state index contributed by atoms with van der Waals surface area (Å²) < 4.78 is 0. The van der Waals surface area contributed by atoms with Gasteiger partial charge in [-0.3, -0.25) is 29.2 Å². The molecule has 0 saturated carbocycles. The zero-order chi connectivity index (χ0) is 35.6. The Hall–Kier alpha value is -3.10. The van der Waals surface area contributed by atoms with Gasteiger partial charge in [-0.2, -0.15) is 0 Å². The van der Waals surface area contributed by atoms with Crippen molar-refractivity contribution < 1.29 is 19.2 Å². The lowest BCUT2D eigenvalue weighted by molar-refractivity contribution is -0.133. The predicted octanol–water partition coefficient (Wildman–Crippen LogP) is 7.43. The van der Waals surface area contributed by atoms with Crippen LogP contribution in [0.25, 0.3) is 0 Å². The summed E-state index contributed by atoms with van der Waals surface area (Å²) in [6.45, 7) is 8.12. The number of ketones is 3. The molecule has 0 unspecified atom stereocenters. The number of Topliss-reactive ketones (excluding diaryl/α,β-unsaturated/α-hetero) is 3. The predicted molar refractivity (Wildman–Crippen MR) is 196 cm³/mol. The van der Waals surface area contributed by atoms with E-state index in [1.807, 2.05) is 32.0 Å². The van der Waals surface area contributed by atoms with Gasteiger partial charge >= 0.3 is 0 Å². The van der Waals surface area contributed by atoms with Crippen molar-refractivity contribution in [2.45, 2.75) is 162 Å². The zero-order valence-corrected chi connectivity index (χ0v) is 30.7. The van der Waals surface area contributed by atoms with Crippen LogP contribution in [0.4, 0.5) is 0 Å². The summed E-state index contributed by atoms with van der Waals surface area (Å²) in [5.41, 5.74) is 11.7. The standard InChI is InChI=1S/C39H67N5O4/c1-5-6-7-8-9-10-11-12-13-14-15-16-17-22-35(46)28-33(27-34-21-18-19-24-42-34)38(48)44-36(23-20-25-43-39(40)41)37(47)29-32(31(4)45)26-30(2)3/h18-19,21,24,30,32-33,36H,5-17,20,22-23,25-29H2,1-4H3,(H,44,48)(H4,40,41,43)/t32-,33-,36+/m1/s1. The lowest BCUT2D eigenvalue weighted by Gasteiger charge is -2.24. The van der Waals surface area contributed by atoms with E-state index in [0.717, 1.165) is 25.0 Å². The maximum atomic E-state index is 13.7. The van der Waals surface area contributed by atoms with Gasteiger partial charge in [0.1, 0.15) is 11.6 Å². The smallest absolute Gasteiger partial charge is 0.224 e. The van der Waals surface area contributed by atoms with Crippen LogP contribution in [0.2, 0.25) is 0 Å². The van der Waals surface area contributed by atoms with Crippen molar-refractivity contribution in [1.82, 2.24) is 10.3 Å². The summed E-state index contributed by atoms with van der Waals surface area (Å²) in [7, 11) is 0. The highest BCUT2D eigenvalue weighted by Gasteiger charge is 2.30. The number of nitrogens with one attached hydrogen (secondary N) is 1. The highest BCUT2D eigenvalue weighted by atomic mass is 16.2. The summed E-state index contributed by atoms with van der Waals surface area (Å²) in [5.74, 6) is -1.35. The second kappa shape index (κ2) is 26.8. The fourth-order valence-corrected chi connectivity index (χ4v) is 6.20. The van der Waals surface area contributed by atoms with Crippen molar-refractivity contribution in [3.63, 3.8) is 0 Å². The number of guanidine groups is 1. The summed E-state index contributed by atoms with van der Waals surface area (Å²) in [6, 6.07) is 4.72. The first-order valence-electron chi connectivity index (χ1n) is 18.8. The quantitative estimate of drug-likeness (QED) is 0.0437. The van der Waals surface area contributed by atoms with Crippen molar-refractivity contribution >= 4 is 29.2 Å². The Morgan fingerprint density at radius 3 is 1.94 bits per heavy atom. The topological polar surface area (TPSA) is 158 Å². The Morgan fingerprint density at radius 2 is 1.42 bits per heavy atom. The molecule has 1 heterocycles. The van der Waals surface area contributed by atoms with E-state index in [0.29, 0.717) is 38.6 Å². The maximum Gasteiger partial charge on any atom is 0.224 e. The Kier molecular flexibility index (Phi) is 24.0. The van der Waals surface area contributed by atoms with E-state index in [9.17, 15) is 19.2 Å². The number of aromatic nitrogens is 1. The van der Waals surface area contributed by atoms with Gasteiger partial charge in [0.25, 0.3) is 0 Å². The van der Waals surface area contributed by atoms with Crippen LogP contribution in [0.5, 0.6) is 0 Å². The average molecular weight is 670 g/mol. The molecule has 0 radical (unpaired) electrons. The highest BCUT2D eigenvalue weighted by Crippen LogP contribution is 2.21. The van der Waals surface area contributed by atoms with Crippen molar-refractivity contribution in [3.05, 3.63) is 30.1 Å². The molecular formula is C39H67N5O4. The van der Waals surface area contributed by atoms with Gasteiger partial charge in [-0.1, -0.05) is 104 Å². The van der Waals surface area contributed by atoms with E-state index >= 15 is 0 Å². The molecular weight excluding hydrogens is 602 g/mol. The molecule has 0 spiro atoms. The van der Waals surface area contributed by atoms with Crippen molar-refractivity contribution in [1.29, 1.82) is 0 Å². The molecule has 9 heteroatoms. The molecule has 3 atom stereocenters. The molecule has 9 nitrogen and oxygen atoms in total. The molecule has 272 valence electrons. The number of nitrogens with zero attached hydrogens (tertiary/aromatic N) is 2. The van der Waals surface area contributed by atoms with Crippen LogP contribution < -0.4 is 16.8 Å². The first kappa shape index (κ1) is 42.9. The molecule has 1 amide bonds. The van der Waals surface area contributed by atoms with Crippen molar-refractivity contribution in [2.75, 3.05) is 6.54 Å². The van der Waals surface area contributed by atoms with Crippen LogP contribution in [0.3, 0.4) is 0 Å². The monoisotopic (exact) mass is 670 g/mol. The van der Waals surface area contributed by atoms with Crippen LogP contribution in [0.1, 0.15) is 155 Å². The van der Waals surface area contributed by atoms with Gasteiger partial charge in [0.15, 0.2) is 11.7 Å². The molecule has 0 fully saturated rings. The minimum Gasteiger partial charge on any atom is -0.370 e. The van der Waals surface area contributed by atoms with E-state index in [1.165, 1.54) is 71.1 Å². The first-order chi connectivity index (χ1) is 23.0. The second-order valence-electron chi connectivity index (χ2n) is 14.1. The van der Waals surface area contributed by atoms with Crippen molar-refractivity contribution in [2.24, 2.45) is 34.2 Å². The van der Waals surface area contributed by atoms with E-state index in [1.54, 1.807) is 6.20 Å². The fourth-order valence-electron chi connectivity index (χ4n) is 6.20. The maximum absolute atomic E-state index is 13.7. The molecule has 0 aliphatic rings. The number of amides is 1. The van der Waals surface area contributed by atoms with Gasteiger partial charge in [0, 0.05) is 50.0 Å². The zero-order valence-electron chi connectivity index (χ0n) is 30.7. The minimum absolute atomic E-state index is 0.0329. The second-order valence-corrected chi connectivity index (χ2v) is 14.1. The number of pyridine rings is 1. The highest BCUT2D eigenvalue weighted by molar-refractivity contribution is 5.94. The molecule has 0 aliphatic carbocycles. The third-order valence-electron chi connectivity index (χ3n) is 9.01. The Morgan fingerprint density at radius 1 is 0.812 bits per heavy atom. The fraction of sp³-hybridized carbons (Fsp3) is 0.744. The number of hydrogen-bond acceptors (Lipinski definition) is 6. The third-order valence-corrected chi connectivity index (χ3v) is 9.01. The van der Waals surface area contributed by atoms with Gasteiger partial charge in [-0.05, 0) is 50.7 Å². The molecule has 0 saturated heterocycles. The molecule has 0 aromatic carbocycles. The van der Waals surface area contributed by atoms with Gasteiger partial charge in [-0.25, -0.2) is 0 Å². The van der Waals surface area contributed by atoms with Gasteiger partial charge in [0.05, 0.1) is 12.0 Å². The first-order valence-corrected chi connectivity index (χ1v) is 18.8. The van der Waals surface area contributed by atoms with Crippen LogP contribution in [-0.4, -0.2) is 46.8 Å². The molecule has 0 bridgehead atoms. The van der Waals surface area contributed by atoms with Crippen LogP contribution in [-0.2, 0) is 25.6 Å². The Labute approximate surface area is 291 Å². The van der Waals surface area contributed by atoms with Crippen LogP contribution in [0, 0.1) is 17.8 Å². The van der Waals surface area contributed by atoms with E-state index in [-0.39, 0.29) is 48.0 Å². The van der Waals surface area contributed by atoms with E-state index in [2.05, 4.69) is 22.2 Å². The summed E-state index contributed by atoms with van der Waals surface area (Å²) in [6.07, 6.45) is 20.1. The largest absolute Gasteiger partial charge is 0.370 e. The Balaban J connectivity index is 2.75. The lowest BCUT2D eigenvalue weighted by Crippen LogP contribution is -2.45. The number of unbranched alkanes of at least 4 members (excludes halogenated alkanes) is 12. The molecule has 1 aromatic heterocycles. The average Bonchev–Trinajstić information content (AvgIpc) is 3.04. The number of rotatable bonds is 30. The summed E-state index contributed by atoms with van der Waals surface area (Å²) in [4.78, 5) is 61.1. The van der Waals surface area contributed by atoms with Crippen LogP contribution in [0.15, 0.2) is 29.4 Å². The van der Waals surface area contributed by atoms with Gasteiger partial charge < -0.3 is 16.8 Å². The molecule has 48 heavy (non-hydrogen) atoms. The Bertz CT molecular complexity index is 1070. The van der Waals surface area contributed by atoms with Crippen LogP contribution >= 0.6 is 0 Å². The van der Waals surface area contributed by atoms with Crippen molar-refractivity contribution in [3.8, 4) is 0 Å². The molecule has 0 aliphatic heterocycles. The molecule has 1 aromatic rings. The SMILES string of the molecule is CCCCCCCCCCCCCCCC(=O)C[C@@H](Cc1ccccn1)C(=O)N[C@@H](CCCN=C(N)N)C(=O)C[C@@H](CC(C)C)C(C)=O. The third kappa shape index (κ3) is 21.7. The molecule has 1 rings (SSSR count). The van der Waals surface area contributed by atoms with E-state index < -0.39 is 17.9 Å². The summed E-state index contributed by atoms with van der Waals surface area (Å²) >= 11 is 0. The number of aliphatic imine (C=N–C) groups is 1. The number of carbonyl (C=O) groups is 4. The molecule has 5 N–H and O–H groups in total. The number of carbonyl (C=O) groups excluding carboxylic acids is 4. The normalized spacial score (nSPS) is 13.1. The minimum atomic E-state index is -0.803.